The van der Waals surface area contributed by atoms with Crippen LogP contribution in [0.15, 0.2) is 0 Å². The van der Waals surface area contributed by atoms with E-state index in [1.54, 1.807) is 0 Å². The molecule has 2 heteroatoms. The van der Waals surface area contributed by atoms with E-state index in [1.807, 2.05) is 11.8 Å². The number of thioether (sulfide) groups is 1. The first-order valence-corrected chi connectivity index (χ1v) is 6.17. The Kier molecular flexibility index (Phi) is 8.14. The highest BCUT2D eigenvalue weighted by atomic mass is 32.2. The molecule has 1 nitrogen and oxygen atoms in total. The second-order valence-corrected chi connectivity index (χ2v) is 4.99. The molecule has 0 saturated heterocycles. The van der Waals surface area contributed by atoms with Crippen molar-refractivity contribution in [2.24, 2.45) is 11.7 Å². The van der Waals surface area contributed by atoms with Gasteiger partial charge in [-0.15, -0.1) is 0 Å². The first-order chi connectivity index (χ1) is 5.68. The maximum Gasteiger partial charge on any atom is 0.00619 e. The summed E-state index contributed by atoms with van der Waals surface area (Å²) in [6.07, 6.45) is 3.83. The predicted molar refractivity (Wildman–Crippen MR) is 59.7 cm³/mol. The van der Waals surface area contributed by atoms with Crippen molar-refractivity contribution in [1.82, 2.24) is 0 Å². The summed E-state index contributed by atoms with van der Waals surface area (Å²) in [6.45, 7) is 6.61. The maximum atomic E-state index is 5.92. The Labute approximate surface area is 81.5 Å². The van der Waals surface area contributed by atoms with Crippen LogP contribution in [0.2, 0.25) is 0 Å². The Hall–Kier alpha value is 0.310. The average molecular weight is 189 g/mol. The molecule has 0 amide bonds. The molecule has 0 aliphatic carbocycles. The number of rotatable bonds is 7. The van der Waals surface area contributed by atoms with Gasteiger partial charge >= 0.3 is 0 Å². The van der Waals surface area contributed by atoms with Gasteiger partial charge in [-0.05, 0) is 30.3 Å². The highest BCUT2D eigenvalue weighted by molar-refractivity contribution is 7.99. The molecular weight excluding hydrogens is 166 g/mol. The predicted octanol–water partition coefficient (Wildman–Crippen LogP) is 2.89. The Morgan fingerprint density at radius 3 is 2.42 bits per heavy atom. The van der Waals surface area contributed by atoms with Gasteiger partial charge in [0.05, 0.1) is 0 Å². The maximum absolute atomic E-state index is 5.92. The number of nitrogens with two attached hydrogens (primary N) is 1. The second kappa shape index (κ2) is 7.93. The van der Waals surface area contributed by atoms with Gasteiger partial charge in [-0.2, -0.15) is 11.8 Å². The monoisotopic (exact) mass is 189 g/mol. The summed E-state index contributed by atoms with van der Waals surface area (Å²) in [4.78, 5) is 0. The zero-order chi connectivity index (χ0) is 9.40. The minimum atomic E-state index is 0.414. The lowest BCUT2D eigenvalue weighted by Crippen LogP contribution is -2.25. The summed E-state index contributed by atoms with van der Waals surface area (Å²) in [5, 5.41) is 0. The fraction of sp³-hybridized carbons (Fsp3) is 1.00. The second-order valence-electron chi connectivity index (χ2n) is 3.60. The molecule has 0 fully saturated rings. The Bertz CT molecular complexity index is 93.8. The van der Waals surface area contributed by atoms with E-state index in [0.717, 1.165) is 0 Å². The molecule has 0 aliphatic heterocycles. The summed E-state index contributed by atoms with van der Waals surface area (Å²) < 4.78 is 0. The number of hydrogen-bond donors (Lipinski definition) is 1. The van der Waals surface area contributed by atoms with Crippen LogP contribution in [0, 0.1) is 5.92 Å². The minimum Gasteiger partial charge on any atom is -0.327 e. The third-order valence-electron chi connectivity index (χ3n) is 2.14. The van der Waals surface area contributed by atoms with Crippen LogP contribution in [-0.4, -0.2) is 17.5 Å². The van der Waals surface area contributed by atoms with Crippen molar-refractivity contribution in [3.63, 3.8) is 0 Å². The molecular formula is C10H23NS. The zero-order valence-corrected chi connectivity index (χ0v) is 9.49. The number of unbranched alkanes of at least 4 members (excludes halogenated alkanes) is 1. The first-order valence-electron chi connectivity index (χ1n) is 5.01. The van der Waals surface area contributed by atoms with E-state index < -0.39 is 0 Å². The van der Waals surface area contributed by atoms with E-state index >= 15 is 0 Å². The molecule has 0 aromatic heterocycles. The molecule has 0 aliphatic rings. The fourth-order valence-corrected chi connectivity index (χ4v) is 1.76. The highest BCUT2D eigenvalue weighted by Crippen LogP contribution is 2.10. The van der Waals surface area contributed by atoms with Crippen LogP contribution in [0.4, 0.5) is 0 Å². The van der Waals surface area contributed by atoms with Crippen LogP contribution in [0.25, 0.3) is 0 Å². The third-order valence-corrected chi connectivity index (χ3v) is 3.12. The van der Waals surface area contributed by atoms with Gasteiger partial charge in [-0.25, -0.2) is 0 Å². The molecule has 0 aromatic carbocycles. The van der Waals surface area contributed by atoms with Crippen molar-refractivity contribution in [2.45, 2.75) is 46.1 Å². The van der Waals surface area contributed by atoms with E-state index in [2.05, 4.69) is 20.8 Å². The van der Waals surface area contributed by atoms with E-state index in [4.69, 9.17) is 5.73 Å². The topological polar surface area (TPSA) is 26.0 Å². The lowest BCUT2D eigenvalue weighted by molar-refractivity contribution is 0.450. The largest absolute Gasteiger partial charge is 0.327 e. The molecule has 74 valence electrons. The van der Waals surface area contributed by atoms with Crippen LogP contribution in [0.5, 0.6) is 0 Å². The Balaban J connectivity index is 3.08. The first kappa shape index (κ1) is 12.3. The summed E-state index contributed by atoms with van der Waals surface area (Å²) in [5.41, 5.74) is 5.92. The van der Waals surface area contributed by atoms with E-state index in [9.17, 15) is 0 Å². The molecule has 0 spiro atoms. The van der Waals surface area contributed by atoms with Crippen molar-refractivity contribution in [3.8, 4) is 0 Å². The van der Waals surface area contributed by atoms with Crippen molar-refractivity contribution in [2.75, 3.05) is 11.5 Å². The summed E-state index contributed by atoms with van der Waals surface area (Å²) in [6, 6.07) is 0.414. The zero-order valence-electron chi connectivity index (χ0n) is 8.68. The van der Waals surface area contributed by atoms with Crippen molar-refractivity contribution in [1.29, 1.82) is 0 Å². The van der Waals surface area contributed by atoms with Gasteiger partial charge in [0.25, 0.3) is 0 Å². The Morgan fingerprint density at radius 2 is 1.92 bits per heavy atom. The molecule has 0 heterocycles. The average Bonchev–Trinajstić information content (AvgIpc) is 2.03. The molecule has 0 saturated carbocycles. The molecule has 0 bridgehead atoms. The molecule has 12 heavy (non-hydrogen) atoms. The van der Waals surface area contributed by atoms with E-state index in [-0.39, 0.29) is 0 Å². The number of hydrogen-bond acceptors (Lipinski definition) is 2. The van der Waals surface area contributed by atoms with Crippen LogP contribution >= 0.6 is 11.8 Å². The van der Waals surface area contributed by atoms with Crippen LogP contribution in [0.3, 0.4) is 0 Å². The van der Waals surface area contributed by atoms with Gasteiger partial charge in [0.1, 0.15) is 0 Å². The van der Waals surface area contributed by atoms with Crippen LogP contribution in [-0.2, 0) is 0 Å². The van der Waals surface area contributed by atoms with Gasteiger partial charge in [-0.1, -0.05) is 27.2 Å². The van der Waals surface area contributed by atoms with E-state index in [1.165, 1.54) is 30.8 Å². The van der Waals surface area contributed by atoms with Gasteiger partial charge in [-0.3, -0.25) is 0 Å². The standard InChI is InChI=1S/C10H23NS/c1-4-12-8-6-5-7-10(11)9(2)3/h9-10H,4-8,11H2,1-3H3. The van der Waals surface area contributed by atoms with Crippen LogP contribution < -0.4 is 5.73 Å². The third kappa shape index (κ3) is 6.99. The van der Waals surface area contributed by atoms with Crippen molar-refractivity contribution in [3.05, 3.63) is 0 Å². The fourth-order valence-electron chi connectivity index (χ4n) is 1.06. The lowest BCUT2D eigenvalue weighted by atomic mass is 10.00. The molecule has 2 N–H and O–H groups in total. The molecule has 1 atom stereocenters. The Morgan fingerprint density at radius 1 is 1.25 bits per heavy atom. The molecule has 0 radical (unpaired) electrons. The summed E-state index contributed by atoms with van der Waals surface area (Å²) in [5.74, 6) is 3.20. The van der Waals surface area contributed by atoms with E-state index in [0.29, 0.717) is 12.0 Å². The molecule has 1 unspecified atom stereocenters. The molecule has 0 aromatic rings. The van der Waals surface area contributed by atoms with Gasteiger partial charge in [0.2, 0.25) is 0 Å². The smallest absolute Gasteiger partial charge is 0.00619 e. The van der Waals surface area contributed by atoms with Gasteiger partial charge < -0.3 is 5.73 Å². The summed E-state index contributed by atoms with van der Waals surface area (Å²) in [7, 11) is 0. The summed E-state index contributed by atoms with van der Waals surface area (Å²) >= 11 is 2.03. The molecule has 0 rings (SSSR count). The van der Waals surface area contributed by atoms with Gasteiger partial charge in [0, 0.05) is 6.04 Å². The quantitative estimate of drug-likeness (QED) is 0.623. The van der Waals surface area contributed by atoms with Gasteiger partial charge in [0.15, 0.2) is 0 Å². The van der Waals surface area contributed by atoms with Crippen LogP contribution in [0.1, 0.15) is 40.0 Å². The SMILES string of the molecule is CCSCCCCC(N)C(C)C. The lowest BCUT2D eigenvalue weighted by Gasteiger charge is -2.14. The minimum absolute atomic E-state index is 0.414. The van der Waals surface area contributed by atoms with Crippen molar-refractivity contribution < 1.29 is 0 Å². The normalized spacial score (nSPS) is 13.8. The highest BCUT2D eigenvalue weighted by Gasteiger charge is 2.05. The van der Waals surface area contributed by atoms with Crippen molar-refractivity contribution >= 4 is 11.8 Å².